The van der Waals surface area contributed by atoms with Crippen LogP contribution in [0.3, 0.4) is 0 Å². The van der Waals surface area contributed by atoms with Crippen LogP contribution >= 0.6 is 11.3 Å². The third-order valence-corrected chi connectivity index (χ3v) is 8.56. The normalized spacial score (nSPS) is 15.6. The minimum Gasteiger partial charge on any atom is -0.273 e. The summed E-state index contributed by atoms with van der Waals surface area (Å²) in [5, 5.41) is 13.2. The van der Waals surface area contributed by atoms with E-state index in [0.717, 1.165) is 10.7 Å². The number of carbonyl (C=O) groups is 1. The van der Waals surface area contributed by atoms with Gasteiger partial charge in [0.15, 0.2) is 0 Å². The lowest BCUT2D eigenvalue weighted by molar-refractivity contribution is -0.385. The third kappa shape index (κ3) is 4.26. The number of nitrogens with zero attached hydrogens (tertiary/aromatic N) is 4. The van der Waals surface area contributed by atoms with Gasteiger partial charge in [-0.1, -0.05) is 6.07 Å². The highest BCUT2D eigenvalue weighted by atomic mass is 32.2. The molecule has 1 aliphatic rings. The van der Waals surface area contributed by atoms with Gasteiger partial charge in [0.2, 0.25) is 15.9 Å². The van der Waals surface area contributed by atoms with Crippen molar-refractivity contribution in [2.24, 2.45) is 5.92 Å². The van der Waals surface area contributed by atoms with Crippen molar-refractivity contribution in [1.29, 1.82) is 0 Å². The molecule has 1 N–H and O–H groups in total. The number of amides is 1. The second kappa shape index (κ2) is 8.65. The van der Waals surface area contributed by atoms with Crippen LogP contribution in [-0.4, -0.2) is 46.3 Å². The number of thiophene rings is 1. The monoisotopic (exact) mass is 491 g/mol. The lowest BCUT2D eigenvalue weighted by Gasteiger charge is -2.31. The molecule has 2 aromatic heterocycles. The maximum atomic E-state index is 13.1. The first-order chi connectivity index (χ1) is 15.6. The second-order valence-corrected chi connectivity index (χ2v) is 10.6. The Bertz CT molecular complexity index is 1420. The topological polar surface area (TPSA) is 145 Å². The van der Waals surface area contributed by atoms with Crippen LogP contribution in [0.25, 0.3) is 10.2 Å². The highest BCUT2D eigenvalue weighted by Crippen LogP contribution is 2.28. The molecule has 1 fully saturated rings. The fourth-order valence-corrected chi connectivity index (χ4v) is 6.34. The van der Waals surface area contributed by atoms with Gasteiger partial charge in [-0.15, -0.1) is 11.3 Å². The first-order valence-corrected chi connectivity index (χ1v) is 12.4. The van der Waals surface area contributed by atoms with Crippen LogP contribution < -0.4 is 11.0 Å². The first-order valence-electron chi connectivity index (χ1n) is 10.1. The van der Waals surface area contributed by atoms with E-state index in [0.29, 0.717) is 21.6 Å². The number of aromatic nitrogens is 2. The number of sulfonamides is 1. The summed E-state index contributed by atoms with van der Waals surface area (Å²) in [5.74, 6) is -0.531. The molecule has 1 saturated heterocycles. The molecule has 0 bridgehead atoms. The maximum Gasteiger partial charge on any atom is 0.281 e. The summed E-state index contributed by atoms with van der Waals surface area (Å²) in [6.07, 6.45) is 0.502. The van der Waals surface area contributed by atoms with Crippen molar-refractivity contribution >= 4 is 43.2 Å². The maximum absolute atomic E-state index is 13.1. The third-order valence-electron chi connectivity index (χ3n) is 5.71. The molecule has 0 spiro atoms. The van der Waals surface area contributed by atoms with Gasteiger partial charge in [-0.2, -0.15) is 4.31 Å². The summed E-state index contributed by atoms with van der Waals surface area (Å²) < 4.78 is 28.5. The smallest absolute Gasteiger partial charge is 0.273 e. The molecule has 11 nitrogen and oxygen atoms in total. The fraction of sp³-hybridized carbons (Fsp3) is 0.350. The van der Waals surface area contributed by atoms with E-state index in [1.54, 1.807) is 25.3 Å². The Morgan fingerprint density at radius 2 is 1.94 bits per heavy atom. The molecule has 1 aromatic carbocycles. The van der Waals surface area contributed by atoms with Gasteiger partial charge < -0.3 is 0 Å². The van der Waals surface area contributed by atoms with Crippen LogP contribution in [0.15, 0.2) is 39.3 Å². The van der Waals surface area contributed by atoms with Crippen LogP contribution in [-0.2, 0) is 14.8 Å². The van der Waals surface area contributed by atoms with Crippen molar-refractivity contribution in [3.63, 3.8) is 0 Å². The number of nitro benzene ring substituents is 1. The molecule has 4 rings (SSSR count). The molecule has 33 heavy (non-hydrogen) atoms. The summed E-state index contributed by atoms with van der Waals surface area (Å²) in [4.78, 5) is 40.7. The highest BCUT2D eigenvalue weighted by Gasteiger charge is 2.34. The predicted octanol–water partition coefficient (Wildman–Crippen LogP) is 2.15. The predicted molar refractivity (Wildman–Crippen MR) is 122 cm³/mol. The van der Waals surface area contributed by atoms with Gasteiger partial charge in [0.25, 0.3) is 11.2 Å². The average molecular weight is 492 g/mol. The van der Waals surface area contributed by atoms with Crippen LogP contribution in [0.2, 0.25) is 0 Å². The number of hydrogen-bond acceptors (Lipinski definition) is 8. The summed E-state index contributed by atoms with van der Waals surface area (Å²) in [6, 6.07) is 5.38. The molecular weight excluding hydrogens is 470 g/mol. The summed E-state index contributed by atoms with van der Waals surface area (Å²) >= 11 is 1.34. The molecule has 3 heterocycles. The van der Waals surface area contributed by atoms with Gasteiger partial charge in [-0.25, -0.2) is 18.1 Å². The van der Waals surface area contributed by atoms with Crippen LogP contribution in [0.5, 0.6) is 0 Å². The molecular formula is C20H21N5O6S2. The van der Waals surface area contributed by atoms with Crippen LogP contribution in [0, 0.1) is 29.9 Å². The minimum atomic E-state index is -3.95. The molecule has 0 aliphatic carbocycles. The molecule has 0 radical (unpaired) electrons. The SMILES string of the molecule is Cc1ccc([N+](=O)[O-])cc1S(=O)(=O)N1CCC(C(=O)Nn2c(C)nc3sccc3c2=O)CC1. The van der Waals surface area contributed by atoms with E-state index in [4.69, 9.17) is 0 Å². The average Bonchev–Trinajstić information content (AvgIpc) is 3.25. The Labute approximate surface area is 192 Å². The number of piperidine rings is 1. The van der Waals surface area contributed by atoms with Gasteiger partial charge in [0.05, 0.1) is 15.2 Å². The molecule has 1 aliphatic heterocycles. The standard InChI is InChI=1S/C20H21N5O6S2/c1-12-3-4-15(25(28)29)11-17(12)33(30,31)23-8-5-14(6-9-23)18(26)22-24-13(2)21-19-16(20(24)27)7-10-32-19/h3-4,7,10-11,14H,5-6,8-9H2,1-2H3,(H,22,26). The lowest BCUT2D eigenvalue weighted by Crippen LogP contribution is -2.44. The number of hydrogen-bond donors (Lipinski definition) is 1. The quantitative estimate of drug-likeness (QED) is 0.425. The summed E-state index contributed by atoms with van der Waals surface area (Å²) in [7, 11) is -3.95. The Hall–Kier alpha value is -3.16. The summed E-state index contributed by atoms with van der Waals surface area (Å²) in [6.45, 7) is 3.36. The van der Waals surface area contributed by atoms with E-state index in [9.17, 15) is 28.1 Å². The summed E-state index contributed by atoms with van der Waals surface area (Å²) in [5.41, 5.74) is 2.35. The van der Waals surface area contributed by atoms with E-state index < -0.39 is 20.9 Å². The fourth-order valence-electron chi connectivity index (χ4n) is 3.83. The van der Waals surface area contributed by atoms with Crippen molar-refractivity contribution in [3.05, 3.63) is 61.5 Å². The van der Waals surface area contributed by atoms with Crippen molar-refractivity contribution in [1.82, 2.24) is 14.0 Å². The van der Waals surface area contributed by atoms with Gasteiger partial charge in [0.1, 0.15) is 10.7 Å². The van der Waals surface area contributed by atoms with E-state index in [1.807, 2.05) is 0 Å². The van der Waals surface area contributed by atoms with E-state index >= 15 is 0 Å². The van der Waals surface area contributed by atoms with E-state index in [1.165, 1.54) is 27.8 Å². The number of carbonyl (C=O) groups excluding carboxylic acids is 1. The Kier molecular flexibility index (Phi) is 6.03. The van der Waals surface area contributed by atoms with E-state index in [2.05, 4.69) is 10.4 Å². The largest absolute Gasteiger partial charge is 0.281 e. The number of nitrogens with one attached hydrogen (secondary N) is 1. The number of nitro groups is 1. The molecule has 3 aromatic rings. The van der Waals surface area contributed by atoms with Gasteiger partial charge >= 0.3 is 0 Å². The zero-order valence-electron chi connectivity index (χ0n) is 17.8. The van der Waals surface area contributed by atoms with E-state index in [-0.39, 0.29) is 48.0 Å². The van der Waals surface area contributed by atoms with Crippen molar-refractivity contribution < 1.29 is 18.1 Å². The van der Waals surface area contributed by atoms with Gasteiger partial charge in [0, 0.05) is 31.1 Å². The van der Waals surface area contributed by atoms with Gasteiger partial charge in [-0.05, 0) is 43.7 Å². The van der Waals surface area contributed by atoms with Crippen molar-refractivity contribution in [2.45, 2.75) is 31.6 Å². The molecule has 13 heteroatoms. The molecule has 1 amide bonds. The van der Waals surface area contributed by atoms with Gasteiger partial charge in [-0.3, -0.25) is 25.1 Å². The van der Waals surface area contributed by atoms with Crippen molar-refractivity contribution in [2.75, 3.05) is 18.5 Å². The number of rotatable bonds is 5. The number of benzene rings is 1. The van der Waals surface area contributed by atoms with Crippen LogP contribution in [0.1, 0.15) is 24.2 Å². The lowest BCUT2D eigenvalue weighted by atomic mass is 9.98. The number of aryl methyl sites for hydroxylation is 2. The number of non-ortho nitro benzene ring substituents is 1. The zero-order chi connectivity index (χ0) is 23.9. The van der Waals surface area contributed by atoms with Crippen LogP contribution in [0.4, 0.5) is 5.69 Å². The highest BCUT2D eigenvalue weighted by molar-refractivity contribution is 7.89. The Morgan fingerprint density at radius 3 is 2.61 bits per heavy atom. The second-order valence-electron chi connectivity index (χ2n) is 7.80. The Balaban J connectivity index is 1.48. The Morgan fingerprint density at radius 1 is 1.24 bits per heavy atom. The minimum absolute atomic E-state index is 0.0816. The zero-order valence-corrected chi connectivity index (χ0v) is 19.5. The number of fused-ring (bicyclic) bond motifs is 1. The molecule has 0 saturated carbocycles. The molecule has 0 atom stereocenters. The molecule has 0 unspecified atom stereocenters. The van der Waals surface area contributed by atoms with Crippen molar-refractivity contribution in [3.8, 4) is 0 Å². The first kappa shape index (κ1) is 23.0. The molecule has 174 valence electrons.